The molecule has 0 spiro atoms. The number of likely N-dealkylation sites (N-methyl/N-ethyl adjacent to an activating group) is 1. The molecular weight excluding hydrogens is 593 g/mol. The first kappa shape index (κ1) is 43.8. The number of ether oxygens (including phenoxy) is 2. The molecule has 9 nitrogen and oxygen atoms in total. The van der Waals surface area contributed by atoms with Crippen molar-refractivity contribution in [3.05, 3.63) is 12.2 Å². The van der Waals surface area contributed by atoms with E-state index in [9.17, 15) is 19.0 Å². The van der Waals surface area contributed by atoms with Gasteiger partial charge < -0.3 is 18.9 Å². The third-order valence-corrected chi connectivity index (χ3v) is 8.62. The zero-order valence-corrected chi connectivity index (χ0v) is 30.5. The molecule has 0 aromatic carbocycles. The number of nitrogens with zero attached hydrogens (tertiary/aromatic N) is 1. The second-order valence-corrected chi connectivity index (χ2v) is 14.7. The van der Waals surface area contributed by atoms with Crippen LogP contribution in [0, 0.1) is 0 Å². The number of hydrogen-bond donors (Lipinski definition) is 1. The lowest BCUT2D eigenvalue weighted by molar-refractivity contribution is -0.870. The Morgan fingerprint density at radius 3 is 1.71 bits per heavy atom. The van der Waals surface area contributed by atoms with Crippen LogP contribution in [0.4, 0.5) is 0 Å². The molecule has 0 heterocycles. The zero-order valence-electron chi connectivity index (χ0n) is 29.6. The maximum atomic E-state index is 12.5. The third kappa shape index (κ3) is 32.5. The molecule has 0 rings (SSSR count). The fourth-order valence-corrected chi connectivity index (χ4v) is 5.52. The van der Waals surface area contributed by atoms with Crippen molar-refractivity contribution < 1.29 is 42.1 Å². The van der Waals surface area contributed by atoms with Gasteiger partial charge in [-0.3, -0.25) is 18.6 Å². The summed E-state index contributed by atoms with van der Waals surface area (Å²) < 4.78 is 34.0. The molecule has 0 amide bonds. The van der Waals surface area contributed by atoms with Crippen molar-refractivity contribution in [1.82, 2.24) is 0 Å². The molecule has 45 heavy (non-hydrogen) atoms. The average molecular weight is 663 g/mol. The van der Waals surface area contributed by atoms with Gasteiger partial charge in [0.05, 0.1) is 27.7 Å². The van der Waals surface area contributed by atoms with E-state index in [0.717, 1.165) is 51.4 Å². The molecular formula is C35H69NO8P+. The van der Waals surface area contributed by atoms with Gasteiger partial charge in [-0.05, 0) is 32.6 Å². The predicted octanol–water partition coefficient (Wildman–Crippen LogP) is 9.07. The summed E-state index contributed by atoms with van der Waals surface area (Å²) in [5.41, 5.74) is 0. The molecule has 0 saturated carbocycles. The number of phosphoric acid groups is 1. The van der Waals surface area contributed by atoms with Crippen LogP contribution in [0.15, 0.2) is 12.2 Å². The van der Waals surface area contributed by atoms with Crippen LogP contribution in [0.2, 0.25) is 0 Å². The Morgan fingerprint density at radius 2 is 1.20 bits per heavy atom. The summed E-state index contributed by atoms with van der Waals surface area (Å²) in [6.45, 7) is 4.18. The van der Waals surface area contributed by atoms with Crippen molar-refractivity contribution in [3.8, 4) is 0 Å². The van der Waals surface area contributed by atoms with Crippen LogP contribution >= 0.6 is 7.82 Å². The molecule has 0 aliphatic heterocycles. The molecule has 0 radical (unpaired) electrons. The lowest BCUT2D eigenvalue weighted by Gasteiger charge is -2.24. The zero-order chi connectivity index (χ0) is 33.7. The number of unbranched alkanes of at least 4 members (excludes halogenated alkanes) is 17. The first-order chi connectivity index (χ1) is 21.5. The quantitative estimate of drug-likeness (QED) is 0.0250. The molecule has 0 aromatic heterocycles. The van der Waals surface area contributed by atoms with Crippen LogP contribution < -0.4 is 0 Å². The highest BCUT2D eigenvalue weighted by molar-refractivity contribution is 7.47. The van der Waals surface area contributed by atoms with Gasteiger partial charge in [0, 0.05) is 12.8 Å². The maximum absolute atomic E-state index is 12.5. The number of rotatable bonds is 32. The van der Waals surface area contributed by atoms with Crippen molar-refractivity contribution in [3.63, 3.8) is 0 Å². The molecule has 0 aliphatic carbocycles. The Labute approximate surface area is 276 Å². The number of quaternary nitrogens is 1. The summed E-state index contributed by atoms with van der Waals surface area (Å²) in [6.07, 6.45) is 25.7. The van der Waals surface area contributed by atoms with Crippen molar-refractivity contribution in [2.24, 2.45) is 0 Å². The summed E-state index contributed by atoms with van der Waals surface area (Å²) in [5.74, 6) is -0.813. The minimum absolute atomic E-state index is 0.0323. The van der Waals surface area contributed by atoms with Crippen LogP contribution in [0.3, 0.4) is 0 Å². The molecule has 266 valence electrons. The van der Waals surface area contributed by atoms with Gasteiger partial charge in [-0.15, -0.1) is 0 Å². The molecule has 0 aromatic rings. The summed E-state index contributed by atoms with van der Waals surface area (Å²) in [4.78, 5) is 35.0. The van der Waals surface area contributed by atoms with E-state index in [4.69, 9.17) is 18.5 Å². The fraction of sp³-hybridized carbons (Fsp3) is 0.886. The lowest BCUT2D eigenvalue weighted by atomic mass is 10.0. The Hall–Kier alpha value is -1.25. The minimum atomic E-state index is -4.36. The highest BCUT2D eigenvalue weighted by Gasteiger charge is 2.27. The number of hydrogen-bond acceptors (Lipinski definition) is 7. The number of carbonyl (C=O) groups is 2. The molecule has 0 fully saturated rings. The Bertz CT molecular complexity index is 799. The molecule has 0 saturated heterocycles. The SMILES string of the molecule is C/C=C/CCCCCCCC(=O)O[C@@H](COC(=O)CCCCCCCCCCCCCCC)COP(=O)(O)OCC[N+](C)(C)C. The van der Waals surface area contributed by atoms with Gasteiger partial charge in [0.15, 0.2) is 6.10 Å². The Balaban J connectivity index is 4.41. The van der Waals surface area contributed by atoms with E-state index < -0.39 is 26.5 Å². The number of carbonyl (C=O) groups excluding carboxylic acids is 2. The predicted molar refractivity (Wildman–Crippen MR) is 183 cm³/mol. The van der Waals surface area contributed by atoms with Gasteiger partial charge in [-0.1, -0.05) is 115 Å². The Kier molecular flexibility index (Phi) is 28.1. The van der Waals surface area contributed by atoms with E-state index in [2.05, 4.69) is 19.1 Å². The lowest BCUT2D eigenvalue weighted by Crippen LogP contribution is -2.37. The van der Waals surface area contributed by atoms with E-state index in [-0.39, 0.29) is 25.6 Å². The second-order valence-electron chi connectivity index (χ2n) is 13.3. The number of esters is 2. The van der Waals surface area contributed by atoms with Gasteiger partial charge in [-0.25, -0.2) is 4.57 Å². The van der Waals surface area contributed by atoms with Gasteiger partial charge in [0.1, 0.15) is 19.8 Å². The van der Waals surface area contributed by atoms with Gasteiger partial charge >= 0.3 is 19.8 Å². The molecule has 0 aliphatic rings. The van der Waals surface area contributed by atoms with E-state index in [1.54, 1.807) is 0 Å². The van der Waals surface area contributed by atoms with Crippen LogP contribution in [-0.4, -0.2) is 74.9 Å². The monoisotopic (exact) mass is 662 g/mol. The van der Waals surface area contributed by atoms with E-state index in [0.29, 0.717) is 23.9 Å². The van der Waals surface area contributed by atoms with Crippen molar-refractivity contribution in [2.45, 2.75) is 155 Å². The third-order valence-electron chi connectivity index (χ3n) is 7.64. The topological polar surface area (TPSA) is 108 Å². The van der Waals surface area contributed by atoms with Crippen LogP contribution in [0.5, 0.6) is 0 Å². The summed E-state index contributed by atoms with van der Waals surface area (Å²) in [7, 11) is 1.47. The van der Waals surface area contributed by atoms with E-state index >= 15 is 0 Å². The largest absolute Gasteiger partial charge is 0.472 e. The van der Waals surface area contributed by atoms with Gasteiger partial charge in [0.2, 0.25) is 0 Å². The highest BCUT2D eigenvalue weighted by atomic mass is 31.2. The van der Waals surface area contributed by atoms with Crippen molar-refractivity contribution in [2.75, 3.05) is 47.5 Å². The Morgan fingerprint density at radius 1 is 0.711 bits per heavy atom. The summed E-state index contributed by atoms with van der Waals surface area (Å²) in [5, 5.41) is 0. The molecule has 2 atom stereocenters. The normalized spacial score (nSPS) is 14.0. The molecule has 1 N–H and O–H groups in total. The number of phosphoric ester groups is 1. The van der Waals surface area contributed by atoms with Gasteiger partial charge in [0.25, 0.3) is 0 Å². The van der Waals surface area contributed by atoms with E-state index in [1.807, 2.05) is 28.1 Å². The van der Waals surface area contributed by atoms with Crippen molar-refractivity contribution >= 4 is 19.8 Å². The van der Waals surface area contributed by atoms with Crippen LogP contribution in [0.1, 0.15) is 149 Å². The molecule has 10 heteroatoms. The smallest absolute Gasteiger partial charge is 0.462 e. The standard InChI is InChI=1S/C35H68NO8P/c1-6-8-10-12-14-16-17-18-19-20-22-23-25-27-34(37)41-31-33(32-43-45(39,40)42-30-29-36(3,4)5)44-35(38)28-26-24-21-15-13-11-9-7-2/h7,9,33H,6,8,10-32H2,1-5H3/p+1/b9-7+/t33-/m0/s1. The molecule has 0 bridgehead atoms. The highest BCUT2D eigenvalue weighted by Crippen LogP contribution is 2.43. The molecule has 1 unspecified atom stereocenters. The average Bonchev–Trinajstić information content (AvgIpc) is 2.97. The fourth-order valence-electron chi connectivity index (χ4n) is 4.78. The van der Waals surface area contributed by atoms with Crippen molar-refractivity contribution in [1.29, 1.82) is 0 Å². The van der Waals surface area contributed by atoms with Gasteiger partial charge in [-0.2, -0.15) is 0 Å². The number of allylic oxidation sites excluding steroid dienone is 2. The second kappa shape index (κ2) is 28.9. The summed E-state index contributed by atoms with van der Waals surface area (Å²) >= 11 is 0. The van der Waals surface area contributed by atoms with Crippen LogP contribution in [-0.2, 0) is 32.7 Å². The van der Waals surface area contributed by atoms with Crippen LogP contribution in [0.25, 0.3) is 0 Å². The van der Waals surface area contributed by atoms with E-state index in [1.165, 1.54) is 64.2 Å². The minimum Gasteiger partial charge on any atom is -0.462 e. The maximum Gasteiger partial charge on any atom is 0.472 e. The first-order valence-electron chi connectivity index (χ1n) is 17.9. The summed E-state index contributed by atoms with van der Waals surface area (Å²) in [6, 6.07) is 0. The first-order valence-corrected chi connectivity index (χ1v) is 19.4.